The van der Waals surface area contributed by atoms with Gasteiger partial charge in [0.05, 0.1) is 6.04 Å². The van der Waals surface area contributed by atoms with Crippen LogP contribution in [-0.4, -0.2) is 24.0 Å². The number of hydrogen-bond donors (Lipinski definition) is 1. The molecule has 0 aliphatic rings. The van der Waals surface area contributed by atoms with E-state index >= 15 is 0 Å². The Kier molecular flexibility index (Phi) is 7.66. The average Bonchev–Trinajstić information content (AvgIpc) is 2.41. The number of halogens is 1. The van der Waals surface area contributed by atoms with Crippen LogP contribution in [0.2, 0.25) is 0 Å². The van der Waals surface area contributed by atoms with Gasteiger partial charge in [-0.05, 0) is 44.0 Å². The second-order valence-corrected chi connectivity index (χ2v) is 5.93. The molecule has 0 radical (unpaired) electrons. The van der Waals surface area contributed by atoms with Gasteiger partial charge in [-0.3, -0.25) is 4.90 Å². The van der Waals surface area contributed by atoms with Gasteiger partial charge in [-0.15, -0.1) is 0 Å². The van der Waals surface area contributed by atoms with E-state index in [1.165, 1.54) is 10.0 Å². The molecule has 0 amide bonds. The van der Waals surface area contributed by atoms with Crippen LogP contribution in [0, 0.1) is 0 Å². The summed E-state index contributed by atoms with van der Waals surface area (Å²) in [6.07, 6.45) is 3.32. The average molecular weight is 327 g/mol. The molecule has 2 nitrogen and oxygen atoms in total. The summed E-state index contributed by atoms with van der Waals surface area (Å²) in [7, 11) is 0. The topological polar surface area (TPSA) is 29.3 Å². The molecule has 19 heavy (non-hydrogen) atoms. The lowest BCUT2D eigenvalue weighted by Gasteiger charge is -2.36. The Morgan fingerprint density at radius 1 is 1.11 bits per heavy atom. The molecule has 0 spiro atoms. The van der Waals surface area contributed by atoms with Crippen LogP contribution in [0.3, 0.4) is 0 Å². The molecule has 0 saturated heterocycles. The van der Waals surface area contributed by atoms with E-state index in [4.69, 9.17) is 5.73 Å². The van der Waals surface area contributed by atoms with Gasteiger partial charge in [0.25, 0.3) is 0 Å². The molecule has 2 unspecified atom stereocenters. The van der Waals surface area contributed by atoms with E-state index in [-0.39, 0.29) is 6.04 Å². The molecule has 0 bridgehead atoms. The van der Waals surface area contributed by atoms with Crippen molar-refractivity contribution in [2.75, 3.05) is 13.1 Å². The Balaban J connectivity index is 3.08. The minimum Gasteiger partial charge on any atom is -0.326 e. The molecule has 1 aromatic rings. The van der Waals surface area contributed by atoms with E-state index in [9.17, 15) is 0 Å². The molecule has 1 aromatic carbocycles. The Morgan fingerprint density at radius 3 is 2.16 bits per heavy atom. The van der Waals surface area contributed by atoms with Crippen LogP contribution in [-0.2, 0) is 0 Å². The molecule has 0 saturated carbocycles. The van der Waals surface area contributed by atoms with Gasteiger partial charge in [-0.2, -0.15) is 0 Å². The Bertz CT molecular complexity index is 362. The van der Waals surface area contributed by atoms with E-state index in [0.717, 1.165) is 32.4 Å². The van der Waals surface area contributed by atoms with E-state index in [0.29, 0.717) is 6.04 Å². The fourth-order valence-electron chi connectivity index (χ4n) is 2.60. The predicted octanol–water partition coefficient (Wildman–Crippen LogP) is 4.35. The zero-order chi connectivity index (χ0) is 14.3. The quantitative estimate of drug-likeness (QED) is 0.769. The van der Waals surface area contributed by atoms with Crippen LogP contribution in [0.25, 0.3) is 0 Å². The van der Waals surface area contributed by atoms with Crippen LogP contribution in [0.1, 0.15) is 51.6 Å². The first-order valence-corrected chi connectivity index (χ1v) is 8.18. The Morgan fingerprint density at radius 2 is 1.68 bits per heavy atom. The molecule has 0 aromatic heterocycles. The summed E-state index contributed by atoms with van der Waals surface area (Å²) in [5.41, 5.74) is 7.74. The summed E-state index contributed by atoms with van der Waals surface area (Å²) in [6, 6.07) is 8.96. The Hall–Kier alpha value is -0.380. The van der Waals surface area contributed by atoms with Gasteiger partial charge in [-0.1, -0.05) is 54.9 Å². The van der Waals surface area contributed by atoms with Gasteiger partial charge in [0, 0.05) is 10.5 Å². The molecular formula is C16H27BrN2. The SMILES string of the molecule is CCCN(CCC)C(c1ccccc1Br)C(N)CC. The van der Waals surface area contributed by atoms with Crippen molar-refractivity contribution in [3.63, 3.8) is 0 Å². The van der Waals surface area contributed by atoms with Crippen molar-refractivity contribution in [3.05, 3.63) is 34.3 Å². The van der Waals surface area contributed by atoms with E-state index < -0.39 is 0 Å². The molecular weight excluding hydrogens is 300 g/mol. The van der Waals surface area contributed by atoms with Crippen molar-refractivity contribution < 1.29 is 0 Å². The summed E-state index contributed by atoms with van der Waals surface area (Å²) in [4.78, 5) is 2.54. The molecule has 0 fully saturated rings. The molecule has 0 aliphatic heterocycles. The van der Waals surface area contributed by atoms with Crippen LogP contribution in [0.5, 0.6) is 0 Å². The van der Waals surface area contributed by atoms with Crippen molar-refractivity contribution in [3.8, 4) is 0 Å². The van der Waals surface area contributed by atoms with Crippen LogP contribution in [0.4, 0.5) is 0 Å². The number of benzene rings is 1. The van der Waals surface area contributed by atoms with Crippen molar-refractivity contribution in [1.29, 1.82) is 0 Å². The predicted molar refractivity (Wildman–Crippen MR) is 87.3 cm³/mol. The highest BCUT2D eigenvalue weighted by Gasteiger charge is 2.26. The number of nitrogens with zero attached hydrogens (tertiary/aromatic N) is 1. The van der Waals surface area contributed by atoms with Crippen LogP contribution < -0.4 is 5.73 Å². The lowest BCUT2D eigenvalue weighted by molar-refractivity contribution is 0.168. The zero-order valence-electron chi connectivity index (χ0n) is 12.4. The third-order valence-corrected chi connectivity index (χ3v) is 4.24. The number of nitrogens with two attached hydrogens (primary N) is 1. The van der Waals surface area contributed by atoms with Gasteiger partial charge in [0.1, 0.15) is 0 Å². The zero-order valence-corrected chi connectivity index (χ0v) is 14.0. The maximum atomic E-state index is 6.42. The van der Waals surface area contributed by atoms with Crippen molar-refractivity contribution in [2.45, 2.75) is 52.1 Å². The smallest absolute Gasteiger partial charge is 0.0510 e. The molecule has 1 rings (SSSR count). The second kappa shape index (κ2) is 8.72. The van der Waals surface area contributed by atoms with Gasteiger partial charge >= 0.3 is 0 Å². The first-order valence-electron chi connectivity index (χ1n) is 7.39. The molecule has 3 heteroatoms. The first-order chi connectivity index (χ1) is 9.15. The minimum absolute atomic E-state index is 0.178. The molecule has 2 atom stereocenters. The highest BCUT2D eigenvalue weighted by atomic mass is 79.9. The van der Waals surface area contributed by atoms with Crippen molar-refractivity contribution >= 4 is 15.9 Å². The Labute approximate surface area is 126 Å². The van der Waals surface area contributed by atoms with Gasteiger partial charge in [0.2, 0.25) is 0 Å². The largest absolute Gasteiger partial charge is 0.326 e. The van der Waals surface area contributed by atoms with Gasteiger partial charge in [0.15, 0.2) is 0 Å². The summed E-state index contributed by atoms with van der Waals surface area (Å²) in [5, 5.41) is 0. The minimum atomic E-state index is 0.178. The lowest BCUT2D eigenvalue weighted by Crippen LogP contribution is -2.41. The maximum Gasteiger partial charge on any atom is 0.0510 e. The fourth-order valence-corrected chi connectivity index (χ4v) is 3.12. The summed E-state index contributed by atoms with van der Waals surface area (Å²) < 4.78 is 1.17. The van der Waals surface area contributed by atoms with Crippen molar-refractivity contribution in [2.24, 2.45) is 5.73 Å². The highest BCUT2D eigenvalue weighted by Crippen LogP contribution is 2.31. The second-order valence-electron chi connectivity index (χ2n) is 5.07. The molecule has 108 valence electrons. The third-order valence-electron chi connectivity index (χ3n) is 3.52. The molecule has 0 aliphatic carbocycles. The lowest BCUT2D eigenvalue weighted by atomic mass is 9.96. The monoisotopic (exact) mass is 326 g/mol. The van der Waals surface area contributed by atoms with E-state index in [2.05, 4.69) is 65.9 Å². The summed E-state index contributed by atoms with van der Waals surface area (Å²) >= 11 is 3.68. The van der Waals surface area contributed by atoms with E-state index in [1.54, 1.807) is 0 Å². The standard InChI is InChI=1S/C16H27BrN2/c1-4-11-19(12-5-2)16(15(18)6-3)13-9-7-8-10-14(13)17/h7-10,15-16H,4-6,11-12,18H2,1-3H3. The normalized spacial score (nSPS) is 14.6. The van der Waals surface area contributed by atoms with E-state index in [1.807, 2.05) is 0 Å². The first kappa shape index (κ1) is 16.7. The van der Waals surface area contributed by atoms with Crippen molar-refractivity contribution in [1.82, 2.24) is 4.90 Å². The third kappa shape index (κ3) is 4.59. The molecule has 0 heterocycles. The van der Waals surface area contributed by atoms with Crippen LogP contribution >= 0.6 is 15.9 Å². The van der Waals surface area contributed by atoms with Crippen LogP contribution in [0.15, 0.2) is 28.7 Å². The maximum absolute atomic E-state index is 6.42. The van der Waals surface area contributed by atoms with Gasteiger partial charge in [-0.25, -0.2) is 0 Å². The number of hydrogen-bond acceptors (Lipinski definition) is 2. The summed E-state index contributed by atoms with van der Waals surface area (Å²) in [5.74, 6) is 0. The number of rotatable bonds is 8. The summed E-state index contributed by atoms with van der Waals surface area (Å²) in [6.45, 7) is 8.85. The van der Waals surface area contributed by atoms with Gasteiger partial charge < -0.3 is 5.73 Å². The molecule has 2 N–H and O–H groups in total. The highest BCUT2D eigenvalue weighted by molar-refractivity contribution is 9.10. The fraction of sp³-hybridized carbons (Fsp3) is 0.625.